The smallest absolute Gasteiger partial charge is 0.418 e. The number of benzene rings is 2. The molecular weight excluding hydrogens is 461 g/mol. The van der Waals surface area contributed by atoms with Gasteiger partial charge in [0.1, 0.15) is 5.75 Å². The first kappa shape index (κ1) is 20.7. The molecule has 0 fully saturated rings. The minimum absolute atomic E-state index is 0.294. The predicted octanol–water partition coefficient (Wildman–Crippen LogP) is 5.49. The fourth-order valence-corrected chi connectivity index (χ4v) is 4.24. The molecule has 1 aliphatic carbocycles. The van der Waals surface area contributed by atoms with Gasteiger partial charge in [-0.3, -0.25) is 4.79 Å². The van der Waals surface area contributed by atoms with E-state index in [2.05, 4.69) is 21.0 Å². The second kappa shape index (κ2) is 7.58. The minimum Gasteiger partial charge on any atom is -0.497 e. The van der Waals surface area contributed by atoms with Gasteiger partial charge in [-0.15, -0.1) is 0 Å². The first-order chi connectivity index (χ1) is 14.2. The zero-order chi connectivity index (χ0) is 21.6. The Morgan fingerprint density at radius 2 is 1.83 bits per heavy atom. The minimum atomic E-state index is -4.62. The zero-order valence-electron chi connectivity index (χ0n) is 16.3. The van der Waals surface area contributed by atoms with E-state index in [1.54, 1.807) is 13.2 Å². The van der Waals surface area contributed by atoms with Crippen LogP contribution < -0.4 is 10.3 Å². The predicted molar refractivity (Wildman–Crippen MR) is 111 cm³/mol. The second-order valence-corrected chi connectivity index (χ2v) is 8.19. The van der Waals surface area contributed by atoms with E-state index in [0.29, 0.717) is 39.9 Å². The van der Waals surface area contributed by atoms with Crippen LogP contribution in [-0.2, 0) is 19.0 Å². The molecule has 1 aliphatic rings. The Kier molecular flexibility index (Phi) is 5.22. The third kappa shape index (κ3) is 3.64. The molecular formula is C22H18BrF3N2O2. The largest absolute Gasteiger partial charge is 0.497 e. The maximum absolute atomic E-state index is 13.7. The van der Waals surface area contributed by atoms with Crippen molar-refractivity contribution < 1.29 is 17.9 Å². The first-order valence-electron chi connectivity index (χ1n) is 9.37. The number of alkyl halides is 3. The Labute approximate surface area is 179 Å². The van der Waals surface area contributed by atoms with E-state index in [9.17, 15) is 18.0 Å². The van der Waals surface area contributed by atoms with E-state index in [-0.39, 0.29) is 5.69 Å². The number of rotatable bonds is 3. The van der Waals surface area contributed by atoms with E-state index in [1.165, 1.54) is 12.1 Å². The van der Waals surface area contributed by atoms with E-state index < -0.39 is 17.3 Å². The van der Waals surface area contributed by atoms with Gasteiger partial charge in [-0.2, -0.15) is 23.0 Å². The van der Waals surface area contributed by atoms with Crippen LogP contribution in [0.1, 0.15) is 28.7 Å². The average Bonchev–Trinajstić information content (AvgIpc) is 3.17. The van der Waals surface area contributed by atoms with Crippen molar-refractivity contribution in [3.63, 3.8) is 0 Å². The maximum atomic E-state index is 13.7. The molecule has 0 aliphatic heterocycles. The molecule has 1 heterocycles. The molecule has 0 bridgehead atoms. The van der Waals surface area contributed by atoms with E-state index in [0.717, 1.165) is 28.3 Å². The molecule has 0 atom stereocenters. The van der Waals surface area contributed by atoms with Crippen LogP contribution in [-0.4, -0.2) is 16.9 Å². The Balaban J connectivity index is 2.04. The van der Waals surface area contributed by atoms with Crippen LogP contribution in [0.4, 0.5) is 13.2 Å². The number of halogens is 4. The van der Waals surface area contributed by atoms with Crippen molar-refractivity contribution in [2.45, 2.75) is 32.4 Å². The quantitative estimate of drug-likeness (QED) is 0.500. The monoisotopic (exact) mass is 478 g/mol. The highest BCUT2D eigenvalue weighted by Crippen LogP contribution is 2.36. The van der Waals surface area contributed by atoms with Crippen molar-refractivity contribution >= 4 is 15.9 Å². The Morgan fingerprint density at radius 1 is 1.10 bits per heavy atom. The lowest BCUT2D eigenvalue weighted by Gasteiger charge is -2.17. The molecule has 0 amide bonds. The van der Waals surface area contributed by atoms with Crippen LogP contribution in [0.25, 0.3) is 16.9 Å². The fourth-order valence-electron chi connectivity index (χ4n) is 3.89. The molecule has 0 unspecified atom stereocenters. The van der Waals surface area contributed by atoms with Crippen LogP contribution in [0.3, 0.4) is 0 Å². The van der Waals surface area contributed by atoms with Crippen molar-refractivity contribution in [1.29, 1.82) is 0 Å². The summed E-state index contributed by atoms with van der Waals surface area (Å²) in [5, 5.41) is 4.44. The highest BCUT2D eigenvalue weighted by atomic mass is 79.9. The Morgan fingerprint density at radius 3 is 2.53 bits per heavy atom. The number of methoxy groups -OCH3 is 1. The van der Waals surface area contributed by atoms with Gasteiger partial charge in [0.25, 0.3) is 5.56 Å². The molecule has 30 heavy (non-hydrogen) atoms. The van der Waals surface area contributed by atoms with Crippen molar-refractivity contribution in [2.75, 3.05) is 7.11 Å². The molecule has 2 aromatic carbocycles. The summed E-state index contributed by atoms with van der Waals surface area (Å²) < 4.78 is 47.7. The Bertz CT molecular complexity index is 1200. The lowest BCUT2D eigenvalue weighted by atomic mass is 10.0. The summed E-state index contributed by atoms with van der Waals surface area (Å²) in [6.45, 7) is 1.90. The van der Waals surface area contributed by atoms with Crippen LogP contribution in [0.2, 0.25) is 0 Å². The summed E-state index contributed by atoms with van der Waals surface area (Å²) >= 11 is 3.21. The lowest BCUT2D eigenvalue weighted by molar-refractivity contribution is -0.137. The summed E-state index contributed by atoms with van der Waals surface area (Å²) in [6, 6.07) is 9.07. The number of aromatic nitrogens is 2. The molecule has 1 aromatic heterocycles. The summed E-state index contributed by atoms with van der Waals surface area (Å²) in [5.41, 5.74) is 1.76. The molecule has 156 valence electrons. The molecule has 8 heteroatoms. The summed E-state index contributed by atoms with van der Waals surface area (Å²) in [4.78, 5) is 13.1. The fraction of sp³-hybridized carbons (Fsp3) is 0.273. The van der Waals surface area contributed by atoms with Crippen LogP contribution in [0.15, 0.2) is 45.7 Å². The molecule has 3 aromatic rings. The van der Waals surface area contributed by atoms with E-state index in [4.69, 9.17) is 4.74 Å². The van der Waals surface area contributed by atoms with Crippen molar-refractivity contribution in [2.24, 2.45) is 0 Å². The van der Waals surface area contributed by atoms with E-state index >= 15 is 0 Å². The van der Waals surface area contributed by atoms with Gasteiger partial charge in [-0.25, -0.2) is 0 Å². The van der Waals surface area contributed by atoms with Gasteiger partial charge in [0.05, 0.1) is 24.1 Å². The van der Waals surface area contributed by atoms with Gasteiger partial charge < -0.3 is 4.74 Å². The zero-order valence-corrected chi connectivity index (χ0v) is 17.9. The van der Waals surface area contributed by atoms with Crippen LogP contribution >= 0.6 is 15.9 Å². The standard InChI is InChI=1S/C22H18BrF3N2O2/c1-12-8-13(10-15(9-12)30-2)20-16-4-3-5-17(16)21(29)28(27-20)19-11-14(23)6-7-18(19)22(24,25)26/h6-11H,3-5H2,1-2H3. The Hall–Kier alpha value is -2.61. The van der Waals surface area contributed by atoms with E-state index in [1.807, 2.05) is 19.1 Å². The second-order valence-electron chi connectivity index (χ2n) is 7.27. The van der Waals surface area contributed by atoms with Gasteiger partial charge in [0.2, 0.25) is 0 Å². The third-order valence-electron chi connectivity index (χ3n) is 5.21. The topological polar surface area (TPSA) is 44.1 Å². The lowest BCUT2D eigenvalue weighted by Crippen LogP contribution is -2.28. The van der Waals surface area contributed by atoms with Crippen molar-refractivity contribution in [3.05, 3.63) is 73.5 Å². The van der Waals surface area contributed by atoms with Gasteiger partial charge >= 0.3 is 6.18 Å². The van der Waals surface area contributed by atoms with Crippen molar-refractivity contribution in [3.8, 4) is 22.7 Å². The number of nitrogens with zero attached hydrogens (tertiary/aromatic N) is 2. The van der Waals surface area contributed by atoms with Gasteiger partial charge in [0.15, 0.2) is 0 Å². The number of hydrogen-bond acceptors (Lipinski definition) is 3. The molecule has 0 saturated heterocycles. The van der Waals surface area contributed by atoms with Gasteiger partial charge in [0, 0.05) is 15.6 Å². The summed E-state index contributed by atoms with van der Waals surface area (Å²) in [5.74, 6) is 0.620. The van der Waals surface area contributed by atoms with Gasteiger partial charge in [-0.1, -0.05) is 15.9 Å². The number of ether oxygens (including phenoxy) is 1. The molecule has 4 nitrogen and oxygen atoms in total. The molecule has 0 spiro atoms. The van der Waals surface area contributed by atoms with Crippen molar-refractivity contribution in [1.82, 2.24) is 9.78 Å². The average molecular weight is 479 g/mol. The molecule has 0 radical (unpaired) electrons. The first-order valence-corrected chi connectivity index (χ1v) is 10.2. The maximum Gasteiger partial charge on any atom is 0.418 e. The SMILES string of the molecule is COc1cc(C)cc(-c2nn(-c3cc(Br)ccc3C(F)(F)F)c(=O)c3c2CCC3)c1. The summed E-state index contributed by atoms with van der Waals surface area (Å²) in [7, 11) is 1.55. The third-order valence-corrected chi connectivity index (χ3v) is 5.70. The molecule has 0 N–H and O–H groups in total. The van der Waals surface area contributed by atoms with Crippen LogP contribution in [0.5, 0.6) is 5.75 Å². The number of aryl methyl sites for hydroxylation is 1. The molecule has 4 rings (SSSR count). The number of fused-ring (bicyclic) bond motifs is 1. The molecule has 0 saturated carbocycles. The van der Waals surface area contributed by atoms with Gasteiger partial charge in [-0.05, 0) is 73.7 Å². The highest BCUT2D eigenvalue weighted by Gasteiger charge is 2.35. The number of hydrogen-bond donors (Lipinski definition) is 0. The van der Waals surface area contributed by atoms with Crippen LogP contribution in [0, 0.1) is 6.92 Å². The summed E-state index contributed by atoms with van der Waals surface area (Å²) in [6.07, 6.45) is -2.68. The highest BCUT2D eigenvalue weighted by molar-refractivity contribution is 9.10. The normalized spacial score (nSPS) is 13.4.